The highest BCUT2D eigenvalue weighted by Crippen LogP contribution is 2.41. The van der Waals surface area contributed by atoms with Gasteiger partial charge in [0.1, 0.15) is 0 Å². The molecule has 3 heteroatoms. The van der Waals surface area contributed by atoms with E-state index in [0.29, 0.717) is 6.04 Å². The molecule has 1 saturated carbocycles. The second-order valence-corrected chi connectivity index (χ2v) is 4.93. The van der Waals surface area contributed by atoms with Crippen LogP contribution >= 0.6 is 0 Å². The molecule has 2 N–H and O–H groups in total. The smallest absolute Gasteiger partial charge is 0.0524 e. The molecule has 3 nitrogen and oxygen atoms in total. The standard InChI is InChI=1S/C12H19N3/c1-2-6-13-10(3-1)7-12-11(8-14-15-12)9-4-5-9/h8-10,13H,1-7H2,(H,14,15). The molecule has 1 aromatic heterocycles. The number of nitrogens with zero attached hydrogens (tertiary/aromatic N) is 1. The number of hydrogen-bond donors (Lipinski definition) is 2. The van der Waals surface area contributed by atoms with Crippen LogP contribution in [0, 0.1) is 0 Å². The van der Waals surface area contributed by atoms with Gasteiger partial charge in [0.25, 0.3) is 0 Å². The first kappa shape index (κ1) is 9.40. The number of nitrogens with one attached hydrogen (secondary N) is 2. The van der Waals surface area contributed by atoms with Crippen LogP contribution in [0.2, 0.25) is 0 Å². The first-order valence-electron chi connectivity index (χ1n) is 6.19. The molecule has 1 aliphatic heterocycles. The van der Waals surface area contributed by atoms with Crippen LogP contribution in [-0.2, 0) is 6.42 Å². The van der Waals surface area contributed by atoms with Gasteiger partial charge in [-0.1, -0.05) is 6.42 Å². The van der Waals surface area contributed by atoms with Crippen molar-refractivity contribution in [2.75, 3.05) is 6.54 Å². The van der Waals surface area contributed by atoms with Gasteiger partial charge in [-0.2, -0.15) is 5.10 Å². The zero-order valence-electron chi connectivity index (χ0n) is 9.13. The van der Waals surface area contributed by atoms with Gasteiger partial charge in [-0.05, 0) is 43.7 Å². The summed E-state index contributed by atoms with van der Waals surface area (Å²) < 4.78 is 0. The van der Waals surface area contributed by atoms with Crippen LogP contribution in [0.1, 0.15) is 49.3 Å². The van der Waals surface area contributed by atoms with Crippen molar-refractivity contribution in [2.24, 2.45) is 0 Å². The third kappa shape index (κ3) is 2.07. The van der Waals surface area contributed by atoms with Gasteiger partial charge in [0, 0.05) is 18.2 Å². The predicted molar refractivity (Wildman–Crippen MR) is 59.9 cm³/mol. The monoisotopic (exact) mass is 205 g/mol. The molecule has 1 atom stereocenters. The highest BCUT2D eigenvalue weighted by molar-refractivity contribution is 5.26. The van der Waals surface area contributed by atoms with Crippen molar-refractivity contribution in [3.05, 3.63) is 17.5 Å². The molecule has 2 fully saturated rings. The minimum Gasteiger partial charge on any atom is -0.314 e. The average Bonchev–Trinajstić information content (AvgIpc) is 3.02. The number of rotatable bonds is 3. The van der Waals surface area contributed by atoms with E-state index in [1.54, 1.807) is 0 Å². The van der Waals surface area contributed by atoms with Gasteiger partial charge in [0.15, 0.2) is 0 Å². The molecule has 15 heavy (non-hydrogen) atoms. The topological polar surface area (TPSA) is 40.7 Å². The van der Waals surface area contributed by atoms with Crippen LogP contribution in [0.3, 0.4) is 0 Å². The Morgan fingerprint density at radius 3 is 2.93 bits per heavy atom. The van der Waals surface area contributed by atoms with E-state index in [4.69, 9.17) is 0 Å². The summed E-state index contributed by atoms with van der Waals surface area (Å²) in [6.07, 6.45) is 9.96. The van der Waals surface area contributed by atoms with E-state index in [-0.39, 0.29) is 0 Å². The number of H-pyrrole nitrogens is 1. The Balaban J connectivity index is 1.67. The second kappa shape index (κ2) is 3.97. The molecule has 0 bridgehead atoms. The second-order valence-electron chi connectivity index (χ2n) is 4.93. The Kier molecular flexibility index (Phi) is 2.49. The Hall–Kier alpha value is -0.830. The lowest BCUT2D eigenvalue weighted by molar-refractivity contribution is 0.396. The molecular formula is C12H19N3. The highest BCUT2D eigenvalue weighted by atomic mass is 15.1. The van der Waals surface area contributed by atoms with Gasteiger partial charge in [0.2, 0.25) is 0 Å². The van der Waals surface area contributed by atoms with Crippen molar-refractivity contribution in [1.29, 1.82) is 0 Å². The van der Waals surface area contributed by atoms with Crippen molar-refractivity contribution >= 4 is 0 Å². The van der Waals surface area contributed by atoms with Gasteiger partial charge < -0.3 is 5.32 Å². The van der Waals surface area contributed by atoms with Crippen LogP contribution in [0.25, 0.3) is 0 Å². The lowest BCUT2D eigenvalue weighted by Crippen LogP contribution is -2.35. The summed E-state index contributed by atoms with van der Waals surface area (Å²) in [6.45, 7) is 1.19. The van der Waals surface area contributed by atoms with E-state index in [1.165, 1.54) is 49.9 Å². The van der Waals surface area contributed by atoms with E-state index in [1.807, 2.05) is 6.20 Å². The highest BCUT2D eigenvalue weighted by Gasteiger charge is 2.28. The third-order valence-electron chi connectivity index (χ3n) is 3.63. The lowest BCUT2D eigenvalue weighted by Gasteiger charge is -2.23. The van der Waals surface area contributed by atoms with Crippen LogP contribution in [0.15, 0.2) is 6.20 Å². The number of hydrogen-bond acceptors (Lipinski definition) is 2. The summed E-state index contributed by atoms with van der Waals surface area (Å²) in [5, 5.41) is 11.0. The van der Waals surface area contributed by atoms with Crippen molar-refractivity contribution in [3.8, 4) is 0 Å². The Morgan fingerprint density at radius 2 is 2.20 bits per heavy atom. The summed E-state index contributed by atoms with van der Waals surface area (Å²) in [5.74, 6) is 0.822. The maximum Gasteiger partial charge on any atom is 0.0524 e. The maximum absolute atomic E-state index is 4.20. The average molecular weight is 205 g/mol. The SMILES string of the molecule is c1n[nH]c(CC2CCCCN2)c1C1CC1. The lowest BCUT2D eigenvalue weighted by atomic mass is 9.98. The molecule has 0 spiro atoms. The molecule has 0 amide bonds. The first-order chi connectivity index (χ1) is 7.43. The molecule has 0 radical (unpaired) electrons. The minimum absolute atomic E-state index is 0.677. The Morgan fingerprint density at radius 1 is 1.27 bits per heavy atom. The van der Waals surface area contributed by atoms with Gasteiger partial charge in [0.05, 0.1) is 6.20 Å². The summed E-state index contributed by atoms with van der Waals surface area (Å²) in [4.78, 5) is 0. The quantitative estimate of drug-likeness (QED) is 0.792. The van der Waals surface area contributed by atoms with E-state index in [2.05, 4.69) is 15.5 Å². The number of piperidine rings is 1. The first-order valence-corrected chi connectivity index (χ1v) is 6.19. The number of aromatic amines is 1. The molecule has 2 heterocycles. The predicted octanol–water partition coefficient (Wildman–Crippen LogP) is 1.97. The van der Waals surface area contributed by atoms with E-state index in [0.717, 1.165) is 12.3 Å². The van der Waals surface area contributed by atoms with Gasteiger partial charge in [-0.15, -0.1) is 0 Å². The molecule has 1 saturated heterocycles. The van der Waals surface area contributed by atoms with Crippen molar-refractivity contribution in [2.45, 2.75) is 50.5 Å². The molecule has 2 aliphatic rings. The fourth-order valence-electron chi connectivity index (χ4n) is 2.58. The van der Waals surface area contributed by atoms with Crippen LogP contribution in [-0.4, -0.2) is 22.8 Å². The molecule has 82 valence electrons. The maximum atomic E-state index is 4.20. The van der Waals surface area contributed by atoms with Crippen LogP contribution in [0.5, 0.6) is 0 Å². The van der Waals surface area contributed by atoms with Crippen molar-refractivity contribution in [1.82, 2.24) is 15.5 Å². The zero-order valence-corrected chi connectivity index (χ0v) is 9.13. The van der Waals surface area contributed by atoms with E-state index >= 15 is 0 Å². The summed E-state index contributed by atoms with van der Waals surface area (Å²) in [7, 11) is 0. The summed E-state index contributed by atoms with van der Waals surface area (Å²) in [5.41, 5.74) is 2.87. The van der Waals surface area contributed by atoms with Crippen LogP contribution in [0.4, 0.5) is 0 Å². The summed E-state index contributed by atoms with van der Waals surface area (Å²) in [6, 6.07) is 0.677. The Bertz CT molecular complexity index is 321. The number of aromatic nitrogens is 2. The van der Waals surface area contributed by atoms with Gasteiger partial charge in [-0.25, -0.2) is 0 Å². The zero-order chi connectivity index (χ0) is 10.1. The molecule has 3 rings (SSSR count). The molecule has 1 aliphatic carbocycles. The van der Waals surface area contributed by atoms with Gasteiger partial charge >= 0.3 is 0 Å². The van der Waals surface area contributed by atoms with Crippen LogP contribution < -0.4 is 5.32 Å². The minimum atomic E-state index is 0.677. The third-order valence-corrected chi connectivity index (χ3v) is 3.63. The normalized spacial score (nSPS) is 26.8. The molecular weight excluding hydrogens is 186 g/mol. The van der Waals surface area contributed by atoms with Crippen molar-refractivity contribution < 1.29 is 0 Å². The summed E-state index contributed by atoms with van der Waals surface area (Å²) >= 11 is 0. The largest absolute Gasteiger partial charge is 0.314 e. The molecule has 1 aromatic rings. The van der Waals surface area contributed by atoms with E-state index in [9.17, 15) is 0 Å². The fraction of sp³-hybridized carbons (Fsp3) is 0.750. The van der Waals surface area contributed by atoms with Gasteiger partial charge in [-0.3, -0.25) is 5.10 Å². The molecule has 1 unspecified atom stereocenters. The fourth-order valence-corrected chi connectivity index (χ4v) is 2.58. The molecule has 0 aromatic carbocycles. The van der Waals surface area contributed by atoms with Crippen molar-refractivity contribution in [3.63, 3.8) is 0 Å². The van der Waals surface area contributed by atoms with E-state index < -0.39 is 0 Å². The Labute approximate surface area is 90.7 Å².